The number of anilines is 3. The van der Waals surface area contributed by atoms with Gasteiger partial charge in [0, 0.05) is 38.7 Å². The number of carbonyl (C=O) groups excluding carboxylic acids is 2. The van der Waals surface area contributed by atoms with Crippen molar-refractivity contribution in [2.75, 3.05) is 54.6 Å². The summed E-state index contributed by atoms with van der Waals surface area (Å²) in [4.78, 5) is 42.0. The second-order valence-electron chi connectivity index (χ2n) is 8.49. The fourth-order valence-electron chi connectivity index (χ4n) is 4.09. The number of aromatic nitrogens is 2. The van der Waals surface area contributed by atoms with Crippen LogP contribution in [0.15, 0.2) is 22.7 Å². The first-order chi connectivity index (χ1) is 16.9. The smallest absolute Gasteiger partial charge is 0.259 e. The van der Waals surface area contributed by atoms with E-state index in [9.17, 15) is 9.59 Å². The number of hydrogen-bond donors (Lipinski definition) is 2. The Balaban J connectivity index is 0.00000167. The van der Waals surface area contributed by atoms with Crippen LogP contribution >= 0.6 is 0 Å². The van der Waals surface area contributed by atoms with E-state index in [0.717, 1.165) is 11.6 Å². The van der Waals surface area contributed by atoms with Gasteiger partial charge in [-0.25, -0.2) is 0 Å². The van der Waals surface area contributed by atoms with E-state index in [1.54, 1.807) is 6.08 Å². The number of nitrogens with one attached hydrogen (secondary N) is 2. The Kier molecular flexibility index (Phi) is 9.55. The molecule has 1 aromatic rings. The minimum absolute atomic E-state index is 0.158. The molecule has 4 rings (SSSR count). The Morgan fingerprint density at radius 1 is 1.00 bits per heavy atom. The summed E-state index contributed by atoms with van der Waals surface area (Å²) in [6.45, 7) is 13.5. The summed E-state index contributed by atoms with van der Waals surface area (Å²) in [6, 6.07) is 2.29. The van der Waals surface area contributed by atoms with E-state index in [2.05, 4.69) is 49.2 Å². The highest BCUT2D eigenvalue weighted by molar-refractivity contribution is 6.17. The number of hydrogen-bond acceptors (Lipinski definition) is 9. The lowest BCUT2D eigenvalue weighted by atomic mass is 10.1. The Morgan fingerprint density at radius 3 is 2.03 bits per heavy atom. The van der Waals surface area contributed by atoms with Gasteiger partial charge in [-0.2, -0.15) is 9.97 Å². The molecule has 1 aromatic heterocycles. The van der Waals surface area contributed by atoms with Crippen molar-refractivity contribution in [3.8, 4) is 0 Å². The zero-order valence-electron chi connectivity index (χ0n) is 21.3. The lowest BCUT2D eigenvalue weighted by molar-refractivity contribution is -0.119. The van der Waals surface area contributed by atoms with Gasteiger partial charge >= 0.3 is 0 Å². The predicted octanol–water partition coefficient (Wildman–Crippen LogP) is 1.75. The zero-order valence-corrected chi connectivity index (χ0v) is 21.3. The molecule has 2 fully saturated rings. The van der Waals surface area contributed by atoms with Gasteiger partial charge in [-0.3, -0.25) is 19.9 Å². The van der Waals surface area contributed by atoms with Crippen LogP contribution in [0, 0.1) is 0 Å². The Hall–Kier alpha value is -3.05. The van der Waals surface area contributed by atoms with Gasteiger partial charge in [-0.1, -0.05) is 19.9 Å². The molecular formula is C24H37N7O4. The van der Waals surface area contributed by atoms with E-state index >= 15 is 0 Å². The van der Waals surface area contributed by atoms with Crippen molar-refractivity contribution in [1.82, 2.24) is 15.3 Å². The van der Waals surface area contributed by atoms with E-state index < -0.39 is 0 Å². The van der Waals surface area contributed by atoms with Gasteiger partial charge < -0.3 is 24.6 Å². The van der Waals surface area contributed by atoms with Crippen molar-refractivity contribution in [3.63, 3.8) is 0 Å². The van der Waals surface area contributed by atoms with Crippen LogP contribution in [0.4, 0.5) is 17.6 Å². The molecular weight excluding hydrogens is 450 g/mol. The monoisotopic (exact) mass is 487 g/mol. The predicted molar refractivity (Wildman–Crippen MR) is 136 cm³/mol. The van der Waals surface area contributed by atoms with Gasteiger partial charge in [0.05, 0.1) is 44.1 Å². The number of ether oxygens (including phenoxy) is 2. The quantitative estimate of drug-likeness (QED) is 0.644. The van der Waals surface area contributed by atoms with Gasteiger partial charge in [-0.05, 0) is 13.8 Å². The van der Waals surface area contributed by atoms with Gasteiger partial charge in [0.25, 0.3) is 5.91 Å². The summed E-state index contributed by atoms with van der Waals surface area (Å²) in [6.07, 6.45) is 3.32. The topological polar surface area (TPSA) is 121 Å². The Morgan fingerprint density at radius 2 is 1.57 bits per heavy atom. The van der Waals surface area contributed by atoms with Crippen LogP contribution in [0.5, 0.6) is 0 Å². The zero-order chi connectivity index (χ0) is 25.4. The standard InChI is InChI=1S/C22H31N7O4.C2H6/c1-14-12-32-8-6-28(14)19-10-20(29-7-9-33-13-15(29)2)26-22(25-19)27-21(31)17-4-5-18(23-11-17)24-16(3)30;1-2/h4,10-11,14-15,18H,5-9,12-13H2,1-3H3,(H,24,30)(H,25,26,27,31);1-2H3/t14-,15-,18?;/m0./s1. The summed E-state index contributed by atoms with van der Waals surface area (Å²) in [5, 5.41) is 5.55. The molecule has 1 unspecified atom stereocenters. The maximum absolute atomic E-state index is 12.9. The van der Waals surface area contributed by atoms with Crippen molar-refractivity contribution >= 4 is 35.6 Å². The molecule has 0 radical (unpaired) electrons. The van der Waals surface area contributed by atoms with Gasteiger partial charge in [0.2, 0.25) is 11.9 Å². The van der Waals surface area contributed by atoms with E-state index in [1.807, 2.05) is 19.9 Å². The van der Waals surface area contributed by atoms with Crippen LogP contribution in [0.25, 0.3) is 0 Å². The first-order valence-corrected chi connectivity index (χ1v) is 12.3. The molecule has 2 N–H and O–H groups in total. The average Bonchev–Trinajstić information content (AvgIpc) is 2.85. The molecule has 11 heteroatoms. The van der Waals surface area contributed by atoms with Gasteiger partial charge in [0.15, 0.2) is 0 Å². The summed E-state index contributed by atoms with van der Waals surface area (Å²) < 4.78 is 11.1. The molecule has 2 saturated heterocycles. The highest BCUT2D eigenvalue weighted by Crippen LogP contribution is 2.26. The number of carbonyl (C=O) groups is 2. The molecule has 192 valence electrons. The normalized spacial score (nSPS) is 24.1. The number of rotatable bonds is 5. The van der Waals surface area contributed by atoms with E-state index in [1.165, 1.54) is 13.1 Å². The first-order valence-electron chi connectivity index (χ1n) is 12.3. The fourth-order valence-corrected chi connectivity index (χ4v) is 4.09. The summed E-state index contributed by atoms with van der Waals surface area (Å²) in [7, 11) is 0. The highest BCUT2D eigenvalue weighted by Gasteiger charge is 2.26. The lowest BCUT2D eigenvalue weighted by Gasteiger charge is -2.37. The maximum atomic E-state index is 12.9. The summed E-state index contributed by atoms with van der Waals surface area (Å²) in [5.41, 5.74) is 0.409. The molecule has 3 atom stereocenters. The SMILES string of the molecule is CC.CC(=O)NC1CC=C(C(=O)Nc2nc(N3CCOC[C@@H]3C)cc(N3CCOC[C@@H]3C)n2)C=N1. The van der Waals surface area contributed by atoms with Gasteiger partial charge in [-0.15, -0.1) is 0 Å². The third-order valence-electron chi connectivity index (χ3n) is 5.83. The number of dihydropyridines is 1. The maximum Gasteiger partial charge on any atom is 0.259 e. The number of nitrogens with zero attached hydrogens (tertiary/aromatic N) is 5. The third-order valence-corrected chi connectivity index (χ3v) is 5.83. The first kappa shape index (κ1) is 26.6. The van der Waals surface area contributed by atoms with Crippen molar-refractivity contribution in [1.29, 1.82) is 0 Å². The molecule has 0 aromatic carbocycles. The molecule has 3 aliphatic heterocycles. The largest absolute Gasteiger partial charge is 0.377 e. The summed E-state index contributed by atoms with van der Waals surface area (Å²) in [5.74, 6) is 1.24. The Bertz CT molecular complexity index is 912. The second-order valence-corrected chi connectivity index (χ2v) is 8.49. The van der Waals surface area contributed by atoms with E-state index in [-0.39, 0.29) is 36.0 Å². The fraction of sp³-hybridized carbons (Fsp3) is 0.625. The number of aliphatic imine (C=N–C) groups is 1. The van der Waals surface area contributed by atoms with Crippen LogP contribution in [0.1, 0.15) is 41.0 Å². The van der Waals surface area contributed by atoms with Crippen LogP contribution in [-0.2, 0) is 19.1 Å². The van der Waals surface area contributed by atoms with Crippen molar-refractivity contribution in [3.05, 3.63) is 17.7 Å². The van der Waals surface area contributed by atoms with Crippen LogP contribution in [-0.4, -0.2) is 85.8 Å². The lowest BCUT2D eigenvalue weighted by Crippen LogP contribution is -2.46. The minimum atomic E-state index is -0.351. The van der Waals surface area contributed by atoms with E-state index in [0.29, 0.717) is 51.5 Å². The molecule has 0 bridgehead atoms. The average molecular weight is 488 g/mol. The molecule has 4 heterocycles. The summed E-state index contributed by atoms with van der Waals surface area (Å²) >= 11 is 0. The van der Waals surface area contributed by atoms with Gasteiger partial charge in [0.1, 0.15) is 17.8 Å². The number of amides is 2. The highest BCUT2D eigenvalue weighted by atomic mass is 16.5. The Labute approximate surface area is 207 Å². The minimum Gasteiger partial charge on any atom is -0.377 e. The molecule has 35 heavy (non-hydrogen) atoms. The van der Waals surface area contributed by atoms with Crippen LogP contribution in [0.3, 0.4) is 0 Å². The molecule has 0 saturated carbocycles. The molecule has 11 nitrogen and oxygen atoms in total. The molecule has 0 spiro atoms. The third kappa shape index (κ3) is 6.98. The van der Waals surface area contributed by atoms with Crippen LogP contribution < -0.4 is 20.4 Å². The van der Waals surface area contributed by atoms with Crippen LogP contribution in [0.2, 0.25) is 0 Å². The molecule has 0 aliphatic carbocycles. The molecule has 3 aliphatic rings. The van der Waals surface area contributed by atoms with Crippen molar-refractivity contribution < 1.29 is 19.1 Å². The van der Waals surface area contributed by atoms with Crippen molar-refractivity contribution in [2.45, 2.75) is 59.3 Å². The second kappa shape index (κ2) is 12.6. The van der Waals surface area contributed by atoms with E-state index in [4.69, 9.17) is 9.47 Å². The molecule has 2 amide bonds. The van der Waals surface area contributed by atoms with Crippen molar-refractivity contribution in [2.24, 2.45) is 4.99 Å². The number of morpholine rings is 2.